The lowest BCUT2D eigenvalue weighted by Crippen LogP contribution is -2.33. The summed E-state index contributed by atoms with van der Waals surface area (Å²) < 4.78 is 5.91. The van der Waals surface area contributed by atoms with Crippen LogP contribution in [0, 0.1) is 6.92 Å². The number of fused-ring (bicyclic) bond motifs is 2. The van der Waals surface area contributed by atoms with Crippen molar-refractivity contribution >= 4 is 33.6 Å². The van der Waals surface area contributed by atoms with E-state index in [9.17, 15) is 9.59 Å². The normalized spacial score (nSPS) is 11.2. The summed E-state index contributed by atoms with van der Waals surface area (Å²) in [6.07, 6.45) is 0.724. The first-order valence-corrected chi connectivity index (χ1v) is 9.37. The summed E-state index contributed by atoms with van der Waals surface area (Å²) in [5.74, 6) is -0.181. The third kappa shape index (κ3) is 2.89. The SMILES string of the molecule is CCc1oc2ccccc2c1CN(C)C(=O)C(=O)c1c(C)[nH]c2ccccc12. The minimum atomic E-state index is -0.528. The van der Waals surface area contributed by atoms with E-state index in [1.807, 2.05) is 62.4 Å². The first-order chi connectivity index (χ1) is 13.5. The summed E-state index contributed by atoms with van der Waals surface area (Å²) in [6, 6.07) is 15.3. The first-order valence-electron chi connectivity index (χ1n) is 9.37. The lowest BCUT2D eigenvalue weighted by Gasteiger charge is -2.16. The quantitative estimate of drug-likeness (QED) is 0.409. The number of aromatic amines is 1. The van der Waals surface area contributed by atoms with Gasteiger partial charge in [0.1, 0.15) is 11.3 Å². The summed E-state index contributed by atoms with van der Waals surface area (Å²) in [7, 11) is 1.66. The molecule has 142 valence electrons. The molecule has 4 rings (SSSR count). The number of nitrogens with one attached hydrogen (secondary N) is 1. The predicted octanol–water partition coefficient (Wildman–Crippen LogP) is 4.63. The molecular formula is C23H22N2O3. The van der Waals surface area contributed by atoms with Crippen LogP contribution in [0.1, 0.15) is 34.3 Å². The number of aromatic nitrogens is 1. The summed E-state index contributed by atoms with van der Waals surface area (Å²) in [4.78, 5) is 30.6. The molecule has 0 fully saturated rings. The number of Topliss-reactive ketones (excluding diaryl/α,β-unsaturated/α-hetero) is 1. The van der Waals surface area contributed by atoms with Crippen molar-refractivity contribution in [1.29, 1.82) is 0 Å². The molecule has 0 aliphatic carbocycles. The van der Waals surface area contributed by atoms with Gasteiger partial charge in [0, 0.05) is 47.6 Å². The number of carbonyl (C=O) groups excluding carboxylic acids is 2. The monoisotopic (exact) mass is 374 g/mol. The Bertz CT molecular complexity index is 1200. The van der Waals surface area contributed by atoms with Gasteiger partial charge in [0.25, 0.3) is 11.7 Å². The first kappa shape index (κ1) is 18.0. The number of hydrogen-bond acceptors (Lipinski definition) is 3. The van der Waals surface area contributed by atoms with E-state index in [4.69, 9.17) is 4.42 Å². The molecular weight excluding hydrogens is 352 g/mol. The molecule has 1 amide bonds. The summed E-state index contributed by atoms with van der Waals surface area (Å²) in [6.45, 7) is 4.16. The van der Waals surface area contributed by atoms with E-state index in [2.05, 4.69) is 4.98 Å². The minimum absolute atomic E-state index is 0.326. The zero-order valence-corrected chi connectivity index (χ0v) is 16.2. The molecule has 5 heteroatoms. The van der Waals surface area contributed by atoms with Crippen LogP contribution in [0.5, 0.6) is 0 Å². The number of likely N-dealkylation sites (N-methyl/N-ethyl adjacent to an activating group) is 1. The third-order valence-corrected chi connectivity index (χ3v) is 5.16. The van der Waals surface area contributed by atoms with E-state index in [1.54, 1.807) is 7.05 Å². The Morgan fingerprint density at radius 2 is 1.71 bits per heavy atom. The van der Waals surface area contributed by atoms with Crippen molar-refractivity contribution in [3.8, 4) is 0 Å². The number of hydrogen-bond donors (Lipinski definition) is 1. The van der Waals surface area contributed by atoms with Crippen LogP contribution >= 0.6 is 0 Å². The van der Waals surface area contributed by atoms with Gasteiger partial charge in [-0.2, -0.15) is 0 Å². The van der Waals surface area contributed by atoms with Gasteiger partial charge in [0.05, 0.1) is 5.56 Å². The number of nitrogens with zero attached hydrogens (tertiary/aromatic N) is 1. The molecule has 0 bridgehead atoms. The Balaban J connectivity index is 1.65. The molecule has 2 aromatic carbocycles. The maximum absolute atomic E-state index is 13.0. The average Bonchev–Trinajstić information content (AvgIpc) is 3.23. The molecule has 0 unspecified atom stereocenters. The Hall–Kier alpha value is -3.34. The van der Waals surface area contributed by atoms with Crippen molar-refractivity contribution < 1.29 is 14.0 Å². The van der Waals surface area contributed by atoms with E-state index in [-0.39, 0.29) is 0 Å². The van der Waals surface area contributed by atoms with Crippen molar-refractivity contribution in [2.24, 2.45) is 0 Å². The lowest BCUT2D eigenvalue weighted by atomic mass is 10.0. The molecule has 0 saturated heterocycles. The van der Waals surface area contributed by atoms with Gasteiger partial charge in [-0.3, -0.25) is 9.59 Å². The zero-order valence-electron chi connectivity index (χ0n) is 16.2. The number of furan rings is 1. The Kier molecular flexibility index (Phi) is 4.51. The Labute approximate surface area is 162 Å². The molecule has 1 N–H and O–H groups in total. The molecule has 2 heterocycles. The van der Waals surface area contributed by atoms with E-state index < -0.39 is 11.7 Å². The average molecular weight is 374 g/mol. The van der Waals surface area contributed by atoms with Gasteiger partial charge in [-0.1, -0.05) is 43.3 Å². The summed E-state index contributed by atoms with van der Waals surface area (Å²) >= 11 is 0. The van der Waals surface area contributed by atoms with Crippen molar-refractivity contribution in [1.82, 2.24) is 9.88 Å². The van der Waals surface area contributed by atoms with Crippen molar-refractivity contribution in [2.45, 2.75) is 26.8 Å². The highest BCUT2D eigenvalue weighted by atomic mass is 16.3. The second kappa shape index (κ2) is 7.00. The maximum Gasteiger partial charge on any atom is 0.295 e. The van der Waals surface area contributed by atoms with E-state index in [0.29, 0.717) is 17.8 Å². The van der Waals surface area contributed by atoms with Crippen LogP contribution in [0.4, 0.5) is 0 Å². The van der Waals surface area contributed by atoms with Crippen molar-refractivity contribution in [3.63, 3.8) is 0 Å². The van der Waals surface area contributed by atoms with Gasteiger partial charge >= 0.3 is 0 Å². The number of rotatable bonds is 5. The highest BCUT2D eigenvalue weighted by Gasteiger charge is 2.26. The minimum Gasteiger partial charge on any atom is -0.461 e. The number of ketones is 1. The molecule has 0 spiro atoms. The Morgan fingerprint density at radius 3 is 2.46 bits per heavy atom. The van der Waals surface area contributed by atoms with Gasteiger partial charge in [-0.15, -0.1) is 0 Å². The highest BCUT2D eigenvalue weighted by molar-refractivity contribution is 6.45. The molecule has 28 heavy (non-hydrogen) atoms. The topological polar surface area (TPSA) is 66.3 Å². The maximum atomic E-state index is 13.0. The molecule has 0 atom stereocenters. The van der Waals surface area contributed by atoms with Crippen molar-refractivity contribution in [3.05, 3.63) is 71.1 Å². The molecule has 0 saturated carbocycles. The molecule has 0 aliphatic heterocycles. The van der Waals surface area contributed by atoms with Gasteiger partial charge < -0.3 is 14.3 Å². The number of benzene rings is 2. The fourth-order valence-electron chi connectivity index (χ4n) is 3.77. The van der Waals surface area contributed by atoms with Gasteiger partial charge in [0.2, 0.25) is 0 Å². The predicted molar refractivity (Wildman–Crippen MR) is 109 cm³/mol. The summed E-state index contributed by atoms with van der Waals surface area (Å²) in [5, 5.41) is 1.75. The van der Waals surface area contributed by atoms with Crippen LogP contribution in [-0.4, -0.2) is 28.6 Å². The van der Waals surface area contributed by atoms with Gasteiger partial charge in [-0.05, 0) is 19.1 Å². The second-order valence-corrected chi connectivity index (χ2v) is 7.01. The number of amides is 1. The van der Waals surface area contributed by atoms with Crippen LogP contribution < -0.4 is 0 Å². The number of H-pyrrole nitrogens is 1. The molecule has 2 aromatic heterocycles. The van der Waals surface area contributed by atoms with Crippen LogP contribution in [-0.2, 0) is 17.8 Å². The fourth-order valence-corrected chi connectivity index (χ4v) is 3.77. The van der Waals surface area contributed by atoms with Crippen LogP contribution in [0.15, 0.2) is 52.9 Å². The number of para-hydroxylation sites is 2. The van der Waals surface area contributed by atoms with E-state index >= 15 is 0 Å². The third-order valence-electron chi connectivity index (χ3n) is 5.16. The zero-order chi connectivity index (χ0) is 19.8. The van der Waals surface area contributed by atoms with Crippen LogP contribution in [0.25, 0.3) is 21.9 Å². The van der Waals surface area contributed by atoms with Gasteiger partial charge in [0.15, 0.2) is 0 Å². The van der Waals surface area contributed by atoms with E-state index in [1.165, 1.54) is 4.90 Å². The smallest absolute Gasteiger partial charge is 0.295 e. The highest BCUT2D eigenvalue weighted by Crippen LogP contribution is 2.28. The molecule has 0 aliphatic rings. The van der Waals surface area contributed by atoms with Crippen molar-refractivity contribution in [2.75, 3.05) is 7.05 Å². The molecule has 4 aromatic rings. The standard InChI is InChI=1S/C23H22N2O3/c1-4-19-17(15-9-6-8-12-20(15)28-19)13-25(3)23(27)22(26)21-14(2)24-18-11-7-5-10-16(18)21/h5-12,24H,4,13H2,1-3H3. The second-order valence-electron chi connectivity index (χ2n) is 7.01. The van der Waals surface area contributed by atoms with Crippen LogP contribution in [0.2, 0.25) is 0 Å². The summed E-state index contributed by atoms with van der Waals surface area (Å²) in [5.41, 5.74) is 3.76. The number of aryl methyl sites for hydroxylation is 2. The molecule has 5 nitrogen and oxygen atoms in total. The fraction of sp³-hybridized carbons (Fsp3) is 0.217. The molecule has 0 radical (unpaired) electrons. The lowest BCUT2D eigenvalue weighted by molar-refractivity contribution is -0.125. The largest absolute Gasteiger partial charge is 0.461 e. The van der Waals surface area contributed by atoms with Crippen LogP contribution in [0.3, 0.4) is 0 Å². The van der Waals surface area contributed by atoms with E-state index in [0.717, 1.165) is 39.6 Å². The van der Waals surface area contributed by atoms with Gasteiger partial charge in [-0.25, -0.2) is 0 Å². The Morgan fingerprint density at radius 1 is 1.04 bits per heavy atom. The number of carbonyl (C=O) groups is 2.